The maximum atomic E-state index is 13.1. The van der Waals surface area contributed by atoms with Crippen molar-refractivity contribution in [3.8, 4) is 0 Å². The highest BCUT2D eigenvalue weighted by molar-refractivity contribution is 5.95. The van der Waals surface area contributed by atoms with E-state index >= 15 is 0 Å². The molecule has 1 amide bonds. The molecule has 0 spiro atoms. The normalized spacial score (nSPS) is 20.1. The van der Waals surface area contributed by atoms with E-state index in [0.29, 0.717) is 11.6 Å². The number of piperidine rings is 1. The van der Waals surface area contributed by atoms with Crippen molar-refractivity contribution in [3.05, 3.63) is 30.1 Å². The van der Waals surface area contributed by atoms with Crippen molar-refractivity contribution in [1.29, 1.82) is 0 Å². The first-order valence-corrected chi connectivity index (χ1v) is 6.78. The van der Waals surface area contributed by atoms with Crippen LogP contribution in [0.25, 0.3) is 0 Å². The average Bonchev–Trinajstić information content (AvgIpc) is 2.39. The molecule has 4 heteroatoms. The number of amides is 1. The van der Waals surface area contributed by atoms with Gasteiger partial charge in [0.25, 0.3) is 0 Å². The lowest BCUT2D eigenvalue weighted by molar-refractivity contribution is -0.127. The molecule has 1 atom stereocenters. The smallest absolute Gasteiger partial charge is 0.230 e. The number of benzene rings is 1. The molecule has 1 saturated heterocycles. The predicted molar refractivity (Wildman–Crippen MR) is 74.4 cm³/mol. The van der Waals surface area contributed by atoms with Crippen LogP contribution in [-0.2, 0) is 4.79 Å². The van der Waals surface area contributed by atoms with E-state index in [2.05, 4.69) is 10.6 Å². The molecule has 104 valence electrons. The molecule has 1 aliphatic rings. The van der Waals surface area contributed by atoms with Gasteiger partial charge >= 0.3 is 0 Å². The molecular weight excluding hydrogens is 243 g/mol. The molecule has 1 aliphatic heterocycles. The van der Waals surface area contributed by atoms with Crippen molar-refractivity contribution in [1.82, 2.24) is 5.32 Å². The fourth-order valence-electron chi connectivity index (χ4n) is 2.51. The van der Waals surface area contributed by atoms with Gasteiger partial charge in [-0.1, -0.05) is 19.9 Å². The number of nitrogens with one attached hydrogen (secondary N) is 2. The van der Waals surface area contributed by atoms with Gasteiger partial charge in [-0.05, 0) is 50.0 Å². The van der Waals surface area contributed by atoms with Crippen molar-refractivity contribution in [2.45, 2.75) is 26.7 Å². The van der Waals surface area contributed by atoms with E-state index < -0.39 is 5.41 Å². The van der Waals surface area contributed by atoms with Crippen molar-refractivity contribution >= 4 is 11.6 Å². The Kier molecular flexibility index (Phi) is 4.20. The zero-order valence-electron chi connectivity index (χ0n) is 11.5. The number of anilines is 1. The molecule has 0 aromatic heterocycles. The van der Waals surface area contributed by atoms with Crippen LogP contribution in [0.15, 0.2) is 24.3 Å². The summed E-state index contributed by atoms with van der Waals surface area (Å²) in [5.74, 6) is -0.0726. The summed E-state index contributed by atoms with van der Waals surface area (Å²) in [6.07, 6.45) is 2.15. The van der Waals surface area contributed by atoms with Gasteiger partial charge in [-0.3, -0.25) is 4.79 Å². The number of rotatable bonds is 3. The zero-order chi connectivity index (χ0) is 13.9. The van der Waals surface area contributed by atoms with E-state index in [9.17, 15) is 9.18 Å². The minimum Gasteiger partial charge on any atom is -0.326 e. The van der Waals surface area contributed by atoms with Gasteiger partial charge in [0.1, 0.15) is 5.82 Å². The summed E-state index contributed by atoms with van der Waals surface area (Å²) in [5, 5.41) is 6.14. The molecule has 2 rings (SSSR count). The molecule has 3 nitrogen and oxygen atoms in total. The maximum absolute atomic E-state index is 13.1. The number of hydrogen-bond donors (Lipinski definition) is 2. The number of carbonyl (C=O) groups is 1. The molecule has 1 unspecified atom stereocenters. The molecule has 1 heterocycles. The number of hydrogen-bond acceptors (Lipinski definition) is 2. The van der Waals surface area contributed by atoms with Gasteiger partial charge < -0.3 is 10.6 Å². The van der Waals surface area contributed by atoms with Crippen molar-refractivity contribution in [2.24, 2.45) is 11.3 Å². The Bertz CT molecular complexity index is 453. The van der Waals surface area contributed by atoms with Gasteiger partial charge in [-0.25, -0.2) is 4.39 Å². The highest BCUT2D eigenvalue weighted by atomic mass is 19.1. The van der Waals surface area contributed by atoms with Crippen molar-refractivity contribution in [2.75, 3.05) is 18.4 Å². The minimum absolute atomic E-state index is 0.0493. The second-order valence-electron chi connectivity index (χ2n) is 5.73. The minimum atomic E-state index is -0.459. The second kappa shape index (κ2) is 5.70. The molecule has 1 aromatic carbocycles. The Morgan fingerprint density at radius 1 is 1.47 bits per heavy atom. The highest BCUT2D eigenvalue weighted by Crippen LogP contribution is 2.33. The van der Waals surface area contributed by atoms with E-state index in [1.165, 1.54) is 12.1 Å². The Morgan fingerprint density at radius 3 is 2.89 bits per heavy atom. The molecule has 0 saturated carbocycles. The van der Waals surface area contributed by atoms with Crippen LogP contribution in [0.5, 0.6) is 0 Å². The lowest BCUT2D eigenvalue weighted by Gasteiger charge is -2.36. The Hall–Kier alpha value is -1.42. The van der Waals surface area contributed by atoms with E-state index in [-0.39, 0.29) is 11.7 Å². The quantitative estimate of drug-likeness (QED) is 0.881. The van der Waals surface area contributed by atoms with E-state index in [1.807, 2.05) is 13.8 Å². The molecule has 0 radical (unpaired) electrons. The summed E-state index contributed by atoms with van der Waals surface area (Å²) in [7, 11) is 0. The van der Waals surface area contributed by atoms with Gasteiger partial charge in [0.05, 0.1) is 0 Å². The third-order valence-electron chi connectivity index (χ3n) is 3.99. The monoisotopic (exact) mass is 264 g/mol. The molecule has 2 N–H and O–H groups in total. The van der Waals surface area contributed by atoms with Crippen LogP contribution in [0.4, 0.5) is 10.1 Å². The summed E-state index contributed by atoms with van der Waals surface area (Å²) < 4.78 is 13.1. The van der Waals surface area contributed by atoms with Crippen molar-refractivity contribution in [3.63, 3.8) is 0 Å². The van der Waals surface area contributed by atoms with Crippen LogP contribution in [0.2, 0.25) is 0 Å². The van der Waals surface area contributed by atoms with E-state index in [4.69, 9.17) is 0 Å². The van der Waals surface area contributed by atoms with Gasteiger partial charge in [0, 0.05) is 11.1 Å². The summed E-state index contributed by atoms with van der Waals surface area (Å²) in [4.78, 5) is 12.4. The third-order valence-corrected chi connectivity index (χ3v) is 3.99. The standard InChI is InChI=1S/C15H21FN2O/c1-15(2,11-5-4-8-17-10-11)14(19)18-13-7-3-6-12(16)9-13/h3,6-7,9,11,17H,4-5,8,10H2,1-2H3,(H,18,19). The maximum Gasteiger partial charge on any atom is 0.230 e. The fraction of sp³-hybridized carbons (Fsp3) is 0.533. The second-order valence-corrected chi connectivity index (χ2v) is 5.73. The van der Waals surface area contributed by atoms with Crippen LogP contribution < -0.4 is 10.6 Å². The fourth-order valence-corrected chi connectivity index (χ4v) is 2.51. The lowest BCUT2D eigenvalue weighted by Crippen LogP contribution is -2.44. The van der Waals surface area contributed by atoms with Gasteiger partial charge in [-0.15, -0.1) is 0 Å². The molecule has 1 aromatic rings. The molecule has 0 aliphatic carbocycles. The molecular formula is C15H21FN2O. The summed E-state index contributed by atoms with van der Waals surface area (Å²) >= 11 is 0. The van der Waals surface area contributed by atoms with Crippen LogP contribution in [-0.4, -0.2) is 19.0 Å². The van der Waals surface area contributed by atoms with Crippen LogP contribution >= 0.6 is 0 Å². The van der Waals surface area contributed by atoms with Crippen LogP contribution in [0, 0.1) is 17.2 Å². The first-order chi connectivity index (χ1) is 9.00. The van der Waals surface area contributed by atoms with Gasteiger partial charge in [0.2, 0.25) is 5.91 Å². The number of carbonyl (C=O) groups excluding carboxylic acids is 1. The molecule has 19 heavy (non-hydrogen) atoms. The van der Waals surface area contributed by atoms with Crippen LogP contribution in [0.3, 0.4) is 0 Å². The number of halogens is 1. The topological polar surface area (TPSA) is 41.1 Å². The van der Waals surface area contributed by atoms with Gasteiger partial charge in [0.15, 0.2) is 0 Å². The first-order valence-electron chi connectivity index (χ1n) is 6.78. The summed E-state index contributed by atoms with van der Waals surface area (Å²) in [6.45, 7) is 5.81. The Balaban J connectivity index is 2.05. The average molecular weight is 264 g/mol. The van der Waals surface area contributed by atoms with E-state index in [1.54, 1.807) is 12.1 Å². The lowest BCUT2D eigenvalue weighted by atomic mass is 9.74. The van der Waals surface area contributed by atoms with Crippen molar-refractivity contribution < 1.29 is 9.18 Å². The summed E-state index contributed by atoms with van der Waals surface area (Å²) in [5.41, 5.74) is 0.0570. The first kappa shape index (κ1) is 14.0. The van der Waals surface area contributed by atoms with E-state index in [0.717, 1.165) is 25.9 Å². The summed E-state index contributed by atoms with van der Waals surface area (Å²) in [6, 6.07) is 6.01. The molecule has 0 bridgehead atoms. The highest BCUT2D eigenvalue weighted by Gasteiger charge is 2.37. The largest absolute Gasteiger partial charge is 0.326 e. The SMILES string of the molecule is CC(C)(C(=O)Nc1cccc(F)c1)C1CCCNC1. The predicted octanol–water partition coefficient (Wildman–Crippen LogP) is 2.79. The molecule has 1 fully saturated rings. The van der Waals surface area contributed by atoms with Crippen LogP contribution in [0.1, 0.15) is 26.7 Å². The Labute approximate surface area is 113 Å². The zero-order valence-corrected chi connectivity index (χ0v) is 11.5. The third kappa shape index (κ3) is 3.32. The Morgan fingerprint density at radius 2 is 2.26 bits per heavy atom. The van der Waals surface area contributed by atoms with Gasteiger partial charge in [-0.2, -0.15) is 0 Å².